The lowest BCUT2D eigenvalue weighted by Crippen LogP contribution is -2.26. The molecule has 0 aromatic heterocycles. The fourth-order valence-corrected chi connectivity index (χ4v) is 2.90. The lowest BCUT2D eigenvalue weighted by atomic mass is 10.1. The minimum atomic E-state index is -0.310. The molecule has 1 unspecified atom stereocenters. The summed E-state index contributed by atoms with van der Waals surface area (Å²) in [5.41, 5.74) is 2.99. The van der Waals surface area contributed by atoms with E-state index in [-0.39, 0.29) is 23.6 Å². The van der Waals surface area contributed by atoms with Crippen molar-refractivity contribution in [3.63, 3.8) is 0 Å². The Kier molecular flexibility index (Phi) is 6.19. The maximum Gasteiger partial charge on any atom is 0.255 e. The second kappa shape index (κ2) is 8.97. The number of ketones is 1. The molecule has 3 aromatic rings. The van der Waals surface area contributed by atoms with Gasteiger partial charge in [0.2, 0.25) is 0 Å². The molecule has 1 atom stereocenters. The van der Waals surface area contributed by atoms with Crippen LogP contribution in [0.2, 0.25) is 0 Å². The molecule has 0 heterocycles. The Hall–Kier alpha value is -3.73. The summed E-state index contributed by atoms with van der Waals surface area (Å²) in [5.74, 6) is -0.584. The van der Waals surface area contributed by atoms with Crippen molar-refractivity contribution in [2.75, 3.05) is 5.32 Å². The molecule has 0 saturated carbocycles. The predicted molar refractivity (Wildman–Crippen MR) is 113 cm³/mol. The number of carbonyl (C=O) groups is 3. The first kappa shape index (κ1) is 20.0. The largest absolute Gasteiger partial charge is 0.346 e. The van der Waals surface area contributed by atoms with Gasteiger partial charge >= 0.3 is 0 Å². The average Bonchev–Trinajstić information content (AvgIpc) is 2.74. The fourth-order valence-electron chi connectivity index (χ4n) is 2.90. The zero-order valence-corrected chi connectivity index (χ0v) is 16.3. The molecule has 3 rings (SSSR count). The van der Waals surface area contributed by atoms with Gasteiger partial charge in [-0.05, 0) is 55.8 Å². The molecule has 3 aromatic carbocycles. The molecule has 2 N–H and O–H groups in total. The van der Waals surface area contributed by atoms with E-state index in [9.17, 15) is 14.4 Å². The molecule has 0 bridgehead atoms. The Balaban J connectivity index is 1.64. The van der Waals surface area contributed by atoms with Crippen LogP contribution in [0.3, 0.4) is 0 Å². The molecule has 5 heteroatoms. The molecule has 5 nitrogen and oxygen atoms in total. The van der Waals surface area contributed by atoms with Crippen LogP contribution in [0.4, 0.5) is 5.69 Å². The zero-order chi connectivity index (χ0) is 20.8. The average molecular weight is 386 g/mol. The van der Waals surface area contributed by atoms with E-state index in [1.807, 2.05) is 37.3 Å². The van der Waals surface area contributed by atoms with E-state index in [1.54, 1.807) is 48.5 Å². The monoisotopic (exact) mass is 386 g/mol. The Morgan fingerprint density at radius 2 is 1.34 bits per heavy atom. The van der Waals surface area contributed by atoms with Gasteiger partial charge in [-0.1, -0.05) is 42.5 Å². The van der Waals surface area contributed by atoms with Crippen molar-refractivity contribution in [1.29, 1.82) is 0 Å². The third-order valence-electron chi connectivity index (χ3n) is 4.58. The molecule has 146 valence electrons. The number of amides is 2. The Labute approximate surface area is 169 Å². The van der Waals surface area contributed by atoms with Gasteiger partial charge in [0.1, 0.15) is 0 Å². The van der Waals surface area contributed by atoms with Crippen LogP contribution in [0.15, 0.2) is 78.9 Å². The molecular weight excluding hydrogens is 364 g/mol. The highest BCUT2D eigenvalue weighted by atomic mass is 16.2. The van der Waals surface area contributed by atoms with Crippen molar-refractivity contribution < 1.29 is 14.4 Å². The lowest BCUT2D eigenvalue weighted by Gasteiger charge is -2.14. The lowest BCUT2D eigenvalue weighted by molar-refractivity contribution is 0.0937. The number of Topliss-reactive ketones (excluding diaryl/α,β-unsaturated/α-hetero) is 1. The van der Waals surface area contributed by atoms with Gasteiger partial charge in [-0.2, -0.15) is 0 Å². The van der Waals surface area contributed by atoms with Gasteiger partial charge in [-0.3, -0.25) is 14.4 Å². The Morgan fingerprint density at radius 3 is 1.97 bits per heavy atom. The Morgan fingerprint density at radius 1 is 0.724 bits per heavy atom. The fraction of sp³-hybridized carbons (Fsp3) is 0.125. The molecular formula is C24H22N2O3. The summed E-state index contributed by atoms with van der Waals surface area (Å²) in [5, 5.41) is 5.71. The van der Waals surface area contributed by atoms with Gasteiger partial charge in [-0.25, -0.2) is 0 Å². The number of benzene rings is 3. The van der Waals surface area contributed by atoms with E-state index in [0.717, 1.165) is 5.56 Å². The van der Waals surface area contributed by atoms with Crippen LogP contribution >= 0.6 is 0 Å². The van der Waals surface area contributed by atoms with Crippen molar-refractivity contribution in [1.82, 2.24) is 5.32 Å². The minimum Gasteiger partial charge on any atom is -0.346 e. The van der Waals surface area contributed by atoms with Crippen LogP contribution in [-0.2, 0) is 0 Å². The van der Waals surface area contributed by atoms with Gasteiger partial charge in [0.15, 0.2) is 5.78 Å². The van der Waals surface area contributed by atoms with Crippen molar-refractivity contribution in [2.45, 2.75) is 19.9 Å². The highest BCUT2D eigenvalue weighted by molar-refractivity contribution is 6.05. The quantitative estimate of drug-likeness (QED) is 0.607. The van der Waals surface area contributed by atoms with Crippen LogP contribution in [0.25, 0.3) is 0 Å². The summed E-state index contributed by atoms with van der Waals surface area (Å²) < 4.78 is 0. The third-order valence-corrected chi connectivity index (χ3v) is 4.58. The molecule has 2 amide bonds. The van der Waals surface area contributed by atoms with E-state index >= 15 is 0 Å². The maximum atomic E-state index is 12.5. The van der Waals surface area contributed by atoms with E-state index in [4.69, 9.17) is 0 Å². The van der Waals surface area contributed by atoms with E-state index in [1.165, 1.54) is 6.92 Å². The van der Waals surface area contributed by atoms with Crippen LogP contribution in [-0.4, -0.2) is 17.6 Å². The summed E-state index contributed by atoms with van der Waals surface area (Å²) in [6.45, 7) is 3.40. The molecule has 0 saturated heterocycles. The summed E-state index contributed by atoms with van der Waals surface area (Å²) in [7, 11) is 0. The SMILES string of the molecule is CC(=O)c1cccc(NC(=O)c2ccc(C(=O)NC(C)c3ccccc3)cc2)c1. The van der Waals surface area contributed by atoms with Gasteiger partial charge < -0.3 is 10.6 Å². The maximum absolute atomic E-state index is 12.5. The second-order valence-corrected chi connectivity index (χ2v) is 6.77. The predicted octanol–water partition coefficient (Wildman–Crippen LogP) is 4.63. The number of anilines is 1. The summed E-state index contributed by atoms with van der Waals surface area (Å²) in [6.07, 6.45) is 0. The highest BCUT2D eigenvalue weighted by Crippen LogP contribution is 2.15. The van der Waals surface area contributed by atoms with Crippen LogP contribution in [0.5, 0.6) is 0 Å². The van der Waals surface area contributed by atoms with Gasteiger partial charge in [-0.15, -0.1) is 0 Å². The number of rotatable bonds is 6. The van der Waals surface area contributed by atoms with Crippen LogP contribution < -0.4 is 10.6 Å². The zero-order valence-electron chi connectivity index (χ0n) is 16.3. The highest BCUT2D eigenvalue weighted by Gasteiger charge is 2.13. The van der Waals surface area contributed by atoms with Crippen molar-refractivity contribution in [2.24, 2.45) is 0 Å². The molecule has 0 fully saturated rings. The third kappa shape index (κ3) is 5.17. The van der Waals surface area contributed by atoms with Gasteiger partial charge in [0.25, 0.3) is 11.8 Å². The molecule has 0 aliphatic rings. The number of hydrogen-bond donors (Lipinski definition) is 2. The van der Waals surface area contributed by atoms with Gasteiger partial charge in [0, 0.05) is 22.4 Å². The first-order valence-electron chi connectivity index (χ1n) is 9.32. The van der Waals surface area contributed by atoms with E-state index in [2.05, 4.69) is 10.6 Å². The normalized spacial score (nSPS) is 11.4. The smallest absolute Gasteiger partial charge is 0.255 e. The van der Waals surface area contributed by atoms with Crippen molar-refractivity contribution in [3.8, 4) is 0 Å². The van der Waals surface area contributed by atoms with Crippen molar-refractivity contribution >= 4 is 23.3 Å². The standard InChI is InChI=1S/C24H22N2O3/c1-16(18-7-4-3-5-8-18)25-23(28)19-11-13-20(14-12-19)24(29)26-22-10-6-9-21(15-22)17(2)27/h3-16H,1-2H3,(H,25,28)(H,26,29). The molecule has 0 spiro atoms. The second-order valence-electron chi connectivity index (χ2n) is 6.77. The summed E-state index contributed by atoms with van der Waals surface area (Å²) >= 11 is 0. The minimum absolute atomic E-state index is 0.0683. The summed E-state index contributed by atoms with van der Waals surface area (Å²) in [4.78, 5) is 36.4. The molecule has 0 radical (unpaired) electrons. The molecule has 29 heavy (non-hydrogen) atoms. The van der Waals surface area contributed by atoms with Gasteiger partial charge in [0.05, 0.1) is 6.04 Å². The first-order valence-corrected chi connectivity index (χ1v) is 9.32. The van der Waals surface area contributed by atoms with Crippen LogP contribution in [0.1, 0.15) is 56.5 Å². The molecule has 0 aliphatic heterocycles. The van der Waals surface area contributed by atoms with E-state index < -0.39 is 0 Å². The number of carbonyl (C=O) groups excluding carboxylic acids is 3. The first-order chi connectivity index (χ1) is 13.9. The number of hydrogen-bond acceptors (Lipinski definition) is 3. The molecule has 0 aliphatic carbocycles. The van der Waals surface area contributed by atoms with Crippen LogP contribution in [0, 0.1) is 0 Å². The van der Waals surface area contributed by atoms with Crippen molar-refractivity contribution in [3.05, 3.63) is 101 Å². The van der Waals surface area contributed by atoms with E-state index in [0.29, 0.717) is 22.4 Å². The Bertz CT molecular complexity index is 1030. The topological polar surface area (TPSA) is 75.3 Å². The number of nitrogens with one attached hydrogen (secondary N) is 2. The summed E-state index contributed by atoms with van der Waals surface area (Å²) in [6, 6.07) is 22.8.